The van der Waals surface area contributed by atoms with Gasteiger partial charge < -0.3 is 11.5 Å². The van der Waals surface area contributed by atoms with Crippen LogP contribution in [0.25, 0.3) is 6.08 Å². The van der Waals surface area contributed by atoms with Gasteiger partial charge in [0, 0.05) is 5.70 Å². The number of primary amides is 1. The first-order valence-corrected chi connectivity index (χ1v) is 4.05. The van der Waals surface area contributed by atoms with Crippen molar-refractivity contribution in [3.05, 3.63) is 41.1 Å². The van der Waals surface area contributed by atoms with Crippen LogP contribution >= 0.6 is 0 Å². The maximum Gasteiger partial charge on any atom is 0.230 e. The van der Waals surface area contributed by atoms with Gasteiger partial charge in [0.1, 0.15) is 5.92 Å². The van der Waals surface area contributed by atoms with Crippen molar-refractivity contribution in [2.24, 2.45) is 11.5 Å². The lowest BCUT2D eigenvalue weighted by Crippen LogP contribution is -2.24. The van der Waals surface area contributed by atoms with Gasteiger partial charge in [-0.2, -0.15) is 0 Å². The number of hydrogen-bond acceptors (Lipinski definition) is 2. The van der Waals surface area contributed by atoms with Crippen LogP contribution in [0.2, 0.25) is 0 Å². The average molecular weight is 174 g/mol. The van der Waals surface area contributed by atoms with Crippen LogP contribution in [-0.2, 0) is 4.79 Å². The summed E-state index contributed by atoms with van der Waals surface area (Å²) in [4.78, 5) is 11.1. The van der Waals surface area contributed by atoms with Crippen LogP contribution in [-0.4, -0.2) is 5.91 Å². The van der Waals surface area contributed by atoms with E-state index in [1.54, 1.807) is 6.08 Å². The first-order valence-electron chi connectivity index (χ1n) is 4.05. The maximum atomic E-state index is 11.1. The molecule has 0 bridgehead atoms. The van der Waals surface area contributed by atoms with Crippen LogP contribution < -0.4 is 11.5 Å². The molecule has 0 radical (unpaired) electrons. The SMILES string of the molecule is NC(=O)C1C(N)=Cc2ccccc21. The van der Waals surface area contributed by atoms with Gasteiger partial charge in [0.25, 0.3) is 0 Å². The monoisotopic (exact) mass is 174 g/mol. The molecule has 1 atom stereocenters. The summed E-state index contributed by atoms with van der Waals surface area (Å²) in [5, 5.41) is 0. The fraction of sp³-hybridized carbons (Fsp3) is 0.100. The van der Waals surface area contributed by atoms with Crippen molar-refractivity contribution < 1.29 is 4.79 Å². The Kier molecular flexibility index (Phi) is 1.59. The Morgan fingerprint density at radius 2 is 2.00 bits per heavy atom. The summed E-state index contributed by atoms with van der Waals surface area (Å²) in [6.45, 7) is 0. The second-order valence-electron chi connectivity index (χ2n) is 3.11. The predicted molar refractivity (Wildman–Crippen MR) is 50.5 cm³/mol. The van der Waals surface area contributed by atoms with Gasteiger partial charge in [-0.05, 0) is 17.2 Å². The molecule has 1 aromatic carbocycles. The molecule has 4 N–H and O–H groups in total. The second kappa shape index (κ2) is 2.62. The zero-order chi connectivity index (χ0) is 9.42. The third-order valence-corrected chi connectivity index (χ3v) is 2.25. The fourth-order valence-electron chi connectivity index (χ4n) is 1.67. The molecule has 1 unspecified atom stereocenters. The number of carbonyl (C=O) groups is 1. The molecule has 0 heterocycles. The molecule has 66 valence electrons. The van der Waals surface area contributed by atoms with Gasteiger partial charge in [-0.3, -0.25) is 4.79 Å². The number of benzene rings is 1. The lowest BCUT2D eigenvalue weighted by Gasteiger charge is -2.08. The summed E-state index contributed by atoms with van der Waals surface area (Å²) in [6.07, 6.45) is 1.80. The molecule has 1 aliphatic carbocycles. The van der Waals surface area contributed by atoms with Crippen molar-refractivity contribution in [2.75, 3.05) is 0 Å². The Morgan fingerprint density at radius 1 is 1.31 bits per heavy atom. The van der Waals surface area contributed by atoms with Crippen LogP contribution in [0, 0.1) is 0 Å². The number of carbonyl (C=O) groups excluding carboxylic acids is 1. The molecule has 1 aromatic rings. The van der Waals surface area contributed by atoms with Crippen molar-refractivity contribution in [1.82, 2.24) is 0 Å². The van der Waals surface area contributed by atoms with Gasteiger partial charge >= 0.3 is 0 Å². The maximum absolute atomic E-state index is 11.1. The number of rotatable bonds is 1. The molecule has 0 saturated carbocycles. The van der Waals surface area contributed by atoms with E-state index in [9.17, 15) is 4.79 Å². The van der Waals surface area contributed by atoms with Crippen LogP contribution in [0.4, 0.5) is 0 Å². The highest BCUT2D eigenvalue weighted by Gasteiger charge is 2.27. The molecular formula is C10H10N2O. The van der Waals surface area contributed by atoms with E-state index in [2.05, 4.69) is 0 Å². The quantitative estimate of drug-likeness (QED) is 0.653. The molecule has 13 heavy (non-hydrogen) atoms. The summed E-state index contributed by atoms with van der Waals surface area (Å²) in [6, 6.07) is 7.58. The molecule has 1 amide bonds. The van der Waals surface area contributed by atoms with E-state index in [-0.39, 0.29) is 0 Å². The van der Waals surface area contributed by atoms with Crippen molar-refractivity contribution in [2.45, 2.75) is 5.92 Å². The van der Waals surface area contributed by atoms with Gasteiger partial charge in [0.05, 0.1) is 0 Å². The van der Waals surface area contributed by atoms with Crippen LogP contribution in [0.15, 0.2) is 30.0 Å². The Morgan fingerprint density at radius 3 is 2.69 bits per heavy atom. The molecule has 0 aromatic heterocycles. The van der Waals surface area contributed by atoms with E-state index in [0.717, 1.165) is 11.1 Å². The van der Waals surface area contributed by atoms with E-state index in [0.29, 0.717) is 5.70 Å². The fourth-order valence-corrected chi connectivity index (χ4v) is 1.67. The van der Waals surface area contributed by atoms with E-state index in [1.165, 1.54) is 0 Å². The smallest absolute Gasteiger partial charge is 0.230 e. The Hall–Kier alpha value is -1.77. The predicted octanol–water partition coefficient (Wildman–Crippen LogP) is 0.569. The first kappa shape index (κ1) is 7.86. The summed E-state index contributed by atoms with van der Waals surface area (Å²) in [7, 11) is 0. The highest BCUT2D eigenvalue weighted by Crippen LogP contribution is 2.32. The highest BCUT2D eigenvalue weighted by molar-refractivity contribution is 5.90. The van der Waals surface area contributed by atoms with E-state index in [4.69, 9.17) is 11.5 Å². The van der Waals surface area contributed by atoms with Crippen molar-refractivity contribution in [3.63, 3.8) is 0 Å². The minimum absolute atomic E-state index is 0.390. The summed E-state index contributed by atoms with van der Waals surface area (Å²) < 4.78 is 0. The lowest BCUT2D eigenvalue weighted by molar-refractivity contribution is -0.118. The topological polar surface area (TPSA) is 69.1 Å². The minimum Gasteiger partial charge on any atom is -0.401 e. The van der Waals surface area contributed by atoms with Gasteiger partial charge in [0.2, 0.25) is 5.91 Å². The third kappa shape index (κ3) is 1.09. The summed E-state index contributed by atoms with van der Waals surface area (Å²) in [5.41, 5.74) is 13.4. The average Bonchev–Trinajstić information content (AvgIpc) is 2.39. The van der Waals surface area contributed by atoms with E-state index < -0.39 is 11.8 Å². The van der Waals surface area contributed by atoms with Crippen molar-refractivity contribution in [1.29, 1.82) is 0 Å². The largest absolute Gasteiger partial charge is 0.401 e. The molecule has 0 spiro atoms. The highest BCUT2D eigenvalue weighted by atomic mass is 16.1. The Bertz CT molecular complexity index is 396. The van der Waals surface area contributed by atoms with E-state index in [1.807, 2.05) is 24.3 Å². The number of hydrogen-bond donors (Lipinski definition) is 2. The number of amides is 1. The van der Waals surface area contributed by atoms with Crippen molar-refractivity contribution >= 4 is 12.0 Å². The normalized spacial score (nSPS) is 19.4. The molecule has 0 fully saturated rings. The minimum atomic E-state index is -0.434. The summed E-state index contributed by atoms with van der Waals surface area (Å²) in [5.74, 6) is -0.824. The van der Waals surface area contributed by atoms with Gasteiger partial charge in [0.15, 0.2) is 0 Å². The van der Waals surface area contributed by atoms with Crippen LogP contribution in [0.1, 0.15) is 17.0 Å². The first-order chi connectivity index (χ1) is 6.20. The second-order valence-corrected chi connectivity index (χ2v) is 3.11. The van der Waals surface area contributed by atoms with Gasteiger partial charge in [-0.25, -0.2) is 0 Å². The van der Waals surface area contributed by atoms with Crippen LogP contribution in [0.3, 0.4) is 0 Å². The zero-order valence-electron chi connectivity index (χ0n) is 7.03. The molecule has 3 nitrogen and oxygen atoms in total. The molecule has 2 rings (SSSR count). The molecule has 3 heteroatoms. The molecule has 0 aliphatic heterocycles. The Labute approximate surface area is 76.0 Å². The van der Waals surface area contributed by atoms with Gasteiger partial charge in [-0.15, -0.1) is 0 Å². The molecule has 1 aliphatic rings. The number of fused-ring (bicyclic) bond motifs is 1. The molecular weight excluding hydrogens is 164 g/mol. The van der Waals surface area contributed by atoms with Crippen LogP contribution in [0.5, 0.6) is 0 Å². The summed E-state index contributed by atoms with van der Waals surface area (Å²) >= 11 is 0. The zero-order valence-corrected chi connectivity index (χ0v) is 7.03. The Balaban J connectivity index is 2.55. The third-order valence-electron chi connectivity index (χ3n) is 2.25. The molecule has 0 saturated heterocycles. The lowest BCUT2D eigenvalue weighted by atomic mass is 9.99. The number of nitrogens with two attached hydrogens (primary N) is 2. The van der Waals surface area contributed by atoms with E-state index >= 15 is 0 Å². The van der Waals surface area contributed by atoms with Gasteiger partial charge in [-0.1, -0.05) is 24.3 Å². The standard InChI is InChI=1S/C10H10N2O/c11-8-5-6-3-1-2-4-7(6)9(8)10(12)13/h1-5,9H,11H2,(H2,12,13). The van der Waals surface area contributed by atoms with Crippen molar-refractivity contribution in [3.8, 4) is 0 Å².